The molecule has 1 saturated heterocycles. The second-order valence-corrected chi connectivity index (χ2v) is 11.3. The van der Waals surface area contributed by atoms with Crippen LogP contribution < -0.4 is 0 Å². The number of thioether (sulfide) groups is 1. The maximum atomic E-state index is 13.0. The van der Waals surface area contributed by atoms with Crippen LogP contribution in [0, 0.1) is 6.92 Å². The van der Waals surface area contributed by atoms with E-state index in [1.54, 1.807) is 25.1 Å². The lowest BCUT2D eigenvalue weighted by Crippen LogP contribution is -2.32. The van der Waals surface area contributed by atoms with E-state index in [4.69, 9.17) is 4.74 Å². The minimum Gasteiger partial charge on any atom is -0.373 e. The Morgan fingerprint density at radius 3 is 2.55 bits per heavy atom. The lowest BCUT2D eigenvalue weighted by molar-refractivity contribution is -0.137. The summed E-state index contributed by atoms with van der Waals surface area (Å²) in [5, 5.41) is 0. The second kappa shape index (κ2) is 7.96. The third-order valence-corrected chi connectivity index (χ3v) is 7.67. The van der Waals surface area contributed by atoms with Crippen LogP contribution in [0.2, 0.25) is 0 Å². The molecular weight excluding hydrogens is 421 g/mol. The average molecular weight is 445 g/mol. The second-order valence-electron chi connectivity index (χ2n) is 7.69. The first-order valence-electron chi connectivity index (χ1n) is 9.16. The Morgan fingerprint density at radius 2 is 1.90 bits per heavy atom. The van der Waals surface area contributed by atoms with E-state index in [1.165, 1.54) is 30.2 Å². The molecule has 3 rings (SSSR count). The quantitative estimate of drug-likeness (QED) is 0.596. The Hall–Kier alpha value is -1.51. The molecule has 0 radical (unpaired) electrons. The SMILES string of the molecule is Cc1ccc(C2CC(C)(Sc3cccc(C(F)(F)F)c3)CCO2)cc1S(C)(=O)=O. The molecule has 0 aliphatic carbocycles. The summed E-state index contributed by atoms with van der Waals surface area (Å²) in [7, 11) is -3.36. The van der Waals surface area contributed by atoms with Crippen LogP contribution in [0.15, 0.2) is 52.3 Å². The molecule has 2 atom stereocenters. The number of hydrogen-bond donors (Lipinski definition) is 0. The zero-order valence-electron chi connectivity index (χ0n) is 16.4. The largest absolute Gasteiger partial charge is 0.416 e. The highest BCUT2D eigenvalue weighted by Crippen LogP contribution is 2.46. The van der Waals surface area contributed by atoms with Crippen molar-refractivity contribution in [2.75, 3.05) is 12.9 Å². The van der Waals surface area contributed by atoms with Gasteiger partial charge in [-0.15, -0.1) is 11.8 Å². The predicted molar refractivity (Wildman–Crippen MR) is 108 cm³/mol. The molecular formula is C21H23F3O3S2. The third-order valence-electron chi connectivity index (χ3n) is 5.08. The fourth-order valence-electron chi connectivity index (χ4n) is 3.51. The van der Waals surface area contributed by atoms with Crippen LogP contribution in [-0.2, 0) is 20.8 Å². The maximum absolute atomic E-state index is 13.0. The molecule has 0 amide bonds. The number of sulfone groups is 1. The Labute approximate surface area is 173 Å². The van der Waals surface area contributed by atoms with Crippen molar-refractivity contribution < 1.29 is 26.3 Å². The molecule has 3 nitrogen and oxygen atoms in total. The Kier molecular flexibility index (Phi) is 6.09. The first-order chi connectivity index (χ1) is 13.4. The Balaban J connectivity index is 1.84. The summed E-state index contributed by atoms with van der Waals surface area (Å²) in [6.07, 6.45) is -2.25. The third kappa shape index (κ3) is 5.35. The fraction of sp³-hybridized carbons (Fsp3) is 0.429. The van der Waals surface area contributed by atoms with E-state index in [2.05, 4.69) is 0 Å². The summed E-state index contributed by atoms with van der Waals surface area (Å²) >= 11 is 1.41. The smallest absolute Gasteiger partial charge is 0.373 e. The molecule has 1 aliphatic heterocycles. The van der Waals surface area contributed by atoms with Crippen molar-refractivity contribution in [1.82, 2.24) is 0 Å². The zero-order chi connectivity index (χ0) is 21.4. The van der Waals surface area contributed by atoms with Gasteiger partial charge in [-0.1, -0.05) is 18.2 Å². The van der Waals surface area contributed by atoms with Gasteiger partial charge in [-0.05, 0) is 62.1 Å². The highest BCUT2D eigenvalue weighted by atomic mass is 32.2. The summed E-state index contributed by atoms with van der Waals surface area (Å²) in [5.41, 5.74) is 0.783. The van der Waals surface area contributed by atoms with E-state index in [0.717, 1.165) is 11.6 Å². The number of benzene rings is 2. The molecule has 1 fully saturated rings. The minimum atomic E-state index is -4.38. The summed E-state index contributed by atoms with van der Waals surface area (Å²) in [5.74, 6) is 0. The molecule has 29 heavy (non-hydrogen) atoms. The van der Waals surface area contributed by atoms with Gasteiger partial charge in [0.15, 0.2) is 9.84 Å². The molecule has 0 saturated carbocycles. The minimum absolute atomic E-state index is 0.274. The summed E-state index contributed by atoms with van der Waals surface area (Å²) in [6, 6.07) is 10.6. The average Bonchev–Trinajstić information content (AvgIpc) is 2.60. The number of halogens is 3. The van der Waals surface area contributed by atoms with Crippen molar-refractivity contribution in [3.05, 3.63) is 59.2 Å². The molecule has 0 bridgehead atoms. The van der Waals surface area contributed by atoms with Crippen LogP contribution in [-0.4, -0.2) is 26.0 Å². The molecule has 0 N–H and O–H groups in total. The zero-order valence-corrected chi connectivity index (χ0v) is 18.0. The first-order valence-corrected chi connectivity index (χ1v) is 11.9. The number of aryl methyl sites for hydroxylation is 1. The van der Waals surface area contributed by atoms with Crippen molar-refractivity contribution >= 4 is 21.6 Å². The van der Waals surface area contributed by atoms with Crippen LogP contribution in [0.1, 0.15) is 42.6 Å². The summed E-state index contributed by atoms with van der Waals surface area (Å²) in [4.78, 5) is 0.833. The highest BCUT2D eigenvalue weighted by Gasteiger charge is 2.36. The van der Waals surface area contributed by atoms with Gasteiger partial charge in [0.05, 0.1) is 16.6 Å². The number of ether oxygens (including phenoxy) is 1. The van der Waals surface area contributed by atoms with Gasteiger partial charge in [0.2, 0.25) is 0 Å². The van der Waals surface area contributed by atoms with Gasteiger partial charge in [-0.2, -0.15) is 13.2 Å². The highest BCUT2D eigenvalue weighted by molar-refractivity contribution is 8.00. The molecule has 2 unspecified atom stereocenters. The summed E-state index contributed by atoms with van der Waals surface area (Å²) < 4.78 is 68.7. The van der Waals surface area contributed by atoms with Crippen LogP contribution in [0.25, 0.3) is 0 Å². The molecule has 2 aromatic rings. The van der Waals surface area contributed by atoms with E-state index in [9.17, 15) is 21.6 Å². The van der Waals surface area contributed by atoms with E-state index in [0.29, 0.717) is 29.9 Å². The van der Waals surface area contributed by atoms with Crippen molar-refractivity contribution in [2.45, 2.75) is 53.5 Å². The van der Waals surface area contributed by atoms with Gasteiger partial charge >= 0.3 is 6.18 Å². The summed E-state index contributed by atoms with van der Waals surface area (Å²) in [6.45, 7) is 4.21. The van der Waals surface area contributed by atoms with Crippen LogP contribution in [0.4, 0.5) is 13.2 Å². The molecule has 1 aliphatic rings. The van der Waals surface area contributed by atoms with Crippen LogP contribution in [0.3, 0.4) is 0 Å². The molecule has 1 heterocycles. The van der Waals surface area contributed by atoms with Gasteiger partial charge in [0, 0.05) is 22.5 Å². The number of alkyl halides is 3. The van der Waals surface area contributed by atoms with E-state index >= 15 is 0 Å². The topological polar surface area (TPSA) is 43.4 Å². The van der Waals surface area contributed by atoms with Crippen LogP contribution >= 0.6 is 11.8 Å². The molecule has 0 aromatic heterocycles. The number of hydrogen-bond acceptors (Lipinski definition) is 4. The maximum Gasteiger partial charge on any atom is 0.416 e. The lowest BCUT2D eigenvalue weighted by Gasteiger charge is -2.38. The fourth-order valence-corrected chi connectivity index (χ4v) is 5.84. The molecule has 2 aromatic carbocycles. The first kappa shape index (κ1) is 22.2. The molecule has 8 heteroatoms. The molecule has 0 spiro atoms. The van der Waals surface area contributed by atoms with E-state index < -0.39 is 21.6 Å². The van der Waals surface area contributed by atoms with Gasteiger partial charge in [-0.25, -0.2) is 8.42 Å². The van der Waals surface area contributed by atoms with Crippen molar-refractivity contribution in [3.63, 3.8) is 0 Å². The monoisotopic (exact) mass is 444 g/mol. The Bertz CT molecular complexity index is 1000. The van der Waals surface area contributed by atoms with Crippen molar-refractivity contribution in [2.24, 2.45) is 0 Å². The Morgan fingerprint density at radius 1 is 1.17 bits per heavy atom. The predicted octanol–water partition coefficient (Wildman–Crippen LogP) is 5.82. The number of rotatable bonds is 4. The normalized spacial score (nSPS) is 23.2. The van der Waals surface area contributed by atoms with Crippen LogP contribution in [0.5, 0.6) is 0 Å². The van der Waals surface area contributed by atoms with Crippen molar-refractivity contribution in [1.29, 1.82) is 0 Å². The van der Waals surface area contributed by atoms with Crippen molar-refractivity contribution in [3.8, 4) is 0 Å². The lowest BCUT2D eigenvalue weighted by atomic mass is 9.92. The van der Waals surface area contributed by atoms with Gasteiger partial charge in [0.25, 0.3) is 0 Å². The van der Waals surface area contributed by atoms with Gasteiger partial charge < -0.3 is 4.74 Å². The molecule has 158 valence electrons. The standard InChI is InChI=1S/C21H23F3O3S2/c1-14-7-8-15(11-19(14)29(3,25)26)18-13-20(2,9-10-27-18)28-17-6-4-5-16(12-17)21(22,23)24/h4-8,11-12,18H,9-10,13H2,1-3H3. The van der Waals surface area contributed by atoms with Gasteiger partial charge in [-0.3, -0.25) is 0 Å². The van der Waals surface area contributed by atoms with E-state index in [1.807, 2.05) is 13.0 Å². The van der Waals surface area contributed by atoms with Gasteiger partial charge in [0.1, 0.15) is 0 Å². The van der Waals surface area contributed by atoms with E-state index in [-0.39, 0.29) is 15.7 Å².